The van der Waals surface area contributed by atoms with Gasteiger partial charge >= 0.3 is 10.1 Å². The van der Waals surface area contributed by atoms with E-state index in [4.69, 9.17) is 20.5 Å². The van der Waals surface area contributed by atoms with Gasteiger partial charge in [0.2, 0.25) is 0 Å². The normalized spacial score (nSPS) is 11.1. The summed E-state index contributed by atoms with van der Waals surface area (Å²) < 4.78 is 35.6. The number of ether oxygens (including phenoxy) is 1. The number of aryl methyl sites for hydroxylation is 1. The van der Waals surface area contributed by atoms with Gasteiger partial charge in [-0.3, -0.25) is 0 Å². The van der Waals surface area contributed by atoms with E-state index < -0.39 is 10.1 Å². The molecule has 28 heavy (non-hydrogen) atoms. The van der Waals surface area contributed by atoms with Crippen molar-refractivity contribution < 1.29 is 17.3 Å². The molecule has 0 aliphatic heterocycles. The number of hydrogen-bond acceptors (Lipinski definition) is 5. The molecule has 0 spiro atoms. The fourth-order valence-corrected chi connectivity index (χ4v) is 3.60. The van der Waals surface area contributed by atoms with Crippen LogP contribution in [0.2, 0.25) is 5.02 Å². The Bertz CT molecular complexity index is 1050. The summed E-state index contributed by atoms with van der Waals surface area (Å²) in [7, 11) is -2.47. The SMILES string of the molecule is COc1cc(CNc2ccc(Cl)cc2)ccc1OS(=O)(=O)c1ccc(C)cc1. The van der Waals surface area contributed by atoms with Crippen LogP contribution >= 0.6 is 11.6 Å². The molecule has 5 nitrogen and oxygen atoms in total. The number of hydrogen-bond donors (Lipinski definition) is 1. The second-order valence-electron chi connectivity index (χ2n) is 6.20. The molecular weight excluding hydrogens is 398 g/mol. The summed E-state index contributed by atoms with van der Waals surface area (Å²) in [6.07, 6.45) is 0. The molecule has 1 N–H and O–H groups in total. The van der Waals surface area contributed by atoms with E-state index in [1.807, 2.05) is 19.1 Å². The van der Waals surface area contributed by atoms with Gasteiger partial charge < -0.3 is 14.2 Å². The number of benzene rings is 3. The maximum Gasteiger partial charge on any atom is 0.339 e. The van der Waals surface area contributed by atoms with Crippen molar-refractivity contribution >= 4 is 27.4 Å². The van der Waals surface area contributed by atoms with Crippen molar-refractivity contribution in [3.05, 3.63) is 82.9 Å². The van der Waals surface area contributed by atoms with E-state index in [0.29, 0.717) is 17.3 Å². The molecule has 0 aliphatic carbocycles. The van der Waals surface area contributed by atoms with E-state index in [2.05, 4.69) is 5.32 Å². The average molecular weight is 418 g/mol. The molecule has 0 aromatic heterocycles. The van der Waals surface area contributed by atoms with Crippen LogP contribution in [-0.2, 0) is 16.7 Å². The molecule has 3 rings (SSSR count). The van der Waals surface area contributed by atoms with Crippen molar-refractivity contribution in [2.75, 3.05) is 12.4 Å². The lowest BCUT2D eigenvalue weighted by atomic mass is 10.2. The maximum atomic E-state index is 12.5. The molecule has 146 valence electrons. The lowest BCUT2D eigenvalue weighted by Crippen LogP contribution is -2.10. The third kappa shape index (κ3) is 4.97. The fraction of sp³-hybridized carbons (Fsp3) is 0.143. The van der Waals surface area contributed by atoms with Crippen LogP contribution in [-0.4, -0.2) is 15.5 Å². The zero-order valence-electron chi connectivity index (χ0n) is 15.5. The third-order valence-electron chi connectivity index (χ3n) is 4.08. The minimum Gasteiger partial charge on any atom is -0.493 e. The second kappa shape index (κ2) is 8.54. The zero-order valence-corrected chi connectivity index (χ0v) is 17.0. The molecular formula is C21H20ClNO4S. The standard InChI is InChI=1S/C21H20ClNO4S/c1-15-3-10-19(11-4-15)28(24,25)27-20-12-5-16(13-21(20)26-2)14-23-18-8-6-17(22)7-9-18/h3-13,23H,14H2,1-2H3. The summed E-state index contributed by atoms with van der Waals surface area (Å²) in [5, 5.41) is 3.93. The molecule has 0 heterocycles. The molecule has 3 aromatic rings. The smallest absolute Gasteiger partial charge is 0.339 e. The van der Waals surface area contributed by atoms with Gasteiger partial charge in [0.15, 0.2) is 11.5 Å². The molecule has 3 aromatic carbocycles. The molecule has 0 atom stereocenters. The summed E-state index contributed by atoms with van der Waals surface area (Å²) in [5.74, 6) is 0.476. The first kappa shape index (κ1) is 20.0. The molecule has 0 aliphatic rings. The summed E-state index contributed by atoms with van der Waals surface area (Å²) in [4.78, 5) is 0.0913. The monoisotopic (exact) mass is 417 g/mol. The van der Waals surface area contributed by atoms with Crippen molar-refractivity contribution in [2.24, 2.45) is 0 Å². The van der Waals surface area contributed by atoms with Crippen LogP contribution in [0.3, 0.4) is 0 Å². The highest BCUT2D eigenvalue weighted by Crippen LogP contribution is 2.31. The van der Waals surface area contributed by atoms with E-state index in [-0.39, 0.29) is 10.6 Å². The molecule has 0 bridgehead atoms. The van der Waals surface area contributed by atoms with Crippen molar-refractivity contribution in [1.29, 1.82) is 0 Å². The molecule has 0 fully saturated rings. The highest BCUT2D eigenvalue weighted by Gasteiger charge is 2.19. The molecule has 0 saturated carbocycles. The topological polar surface area (TPSA) is 64.6 Å². The van der Waals surface area contributed by atoms with Crippen molar-refractivity contribution in [3.63, 3.8) is 0 Å². The first-order valence-electron chi connectivity index (χ1n) is 8.55. The third-order valence-corrected chi connectivity index (χ3v) is 5.58. The molecule has 0 unspecified atom stereocenters. The second-order valence-corrected chi connectivity index (χ2v) is 8.18. The van der Waals surface area contributed by atoms with E-state index >= 15 is 0 Å². The predicted octanol–water partition coefficient (Wildman–Crippen LogP) is 5.04. The van der Waals surface area contributed by atoms with Crippen molar-refractivity contribution in [2.45, 2.75) is 18.4 Å². The van der Waals surface area contributed by atoms with E-state index in [1.54, 1.807) is 42.5 Å². The fourth-order valence-electron chi connectivity index (χ4n) is 2.53. The van der Waals surface area contributed by atoms with Gasteiger partial charge in [-0.25, -0.2) is 0 Å². The lowest BCUT2D eigenvalue weighted by Gasteiger charge is -2.13. The van der Waals surface area contributed by atoms with Crippen LogP contribution in [0.15, 0.2) is 71.6 Å². The van der Waals surface area contributed by atoms with Gasteiger partial charge in [0, 0.05) is 17.3 Å². The van der Waals surface area contributed by atoms with Crippen LogP contribution in [0.25, 0.3) is 0 Å². The molecule has 0 saturated heterocycles. The highest BCUT2D eigenvalue weighted by molar-refractivity contribution is 7.87. The largest absolute Gasteiger partial charge is 0.493 e. The Labute approximate surface area is 170 Å². The van der Waals surface area contributed by atoms with Gasteiger partial charge in [-0.1, -0.05) is 35.4 Å². The number of rotatable bonds is 7. The van der Waals surface area contributed by atoms with Gasteiger partial charge in [0.25, 0.3) is 0 Å². The van der Waals surface area contributed by atoms with Gasteiger partial charge in [-0.2, -0.15) is 8.42 Å². The summed E-state index contributed by atoms with van der Waals surface area (Å²) in [6.45, 7) is 2.42. The highest BCUT2D eigenvalue weighted by atomic mass is 35.5. The number of anilines is 1. The Kier molecular flexibility index (Phi) is 6.11. The maximum absolute atomic E-state index is 12.5. The molecule has 0 radical (unpaired) electrons. The zero-order chi connectivity index (χ0) is 20.1. The first-order chi connectivity index (χ1) is 13.4. The summed E-state index contributed by atoms with van der Waals surface area (Å²) in [5.41, 5.74) is 2.80. The van der Waals surface area contributed by atoms with Crippen LogP contribution in [0.5, 0.6) is 11.5 Å². The van der Waals surface area contributed by atoms with Crippen LogP contribution < -0.4 is 14.2 Å². The van der Waals surface area contributed by atoms with Crippen LogP contribution in [0.4, 0.5) is 5.69 Å². The minimum atomic E-state index is -3.94. The quantitative estimate of drug-likeness (QED) is 0.546. The Balaban J connectivity index is 1.75. The van der Waals surface area contributed by atoms with Gasteiger partial charge in [-0.15, -0.1) is 0 Å². The summed E-state index contributed by atoms with van der Waals surface area (Å²) in [6, 6.07) is 18.9. The number of halogens is 1. The Morgan fingerprint density at radius 1 is 0.929 bits per heavy atom. The van der Waals surface area contributed by atoms with E-state index in [0.717, 1.165) is 16.8 Å². The van der Waals surface area contributed by atoms with Gasteiger partial charge in [-0.05, 0) is 61.0 Å². The Morgan fingerprint density at radius 2 is 1.61 bits per heavy atom. The minimum absolute atomic E-state index is 0.0913. The lowest BCUT2D eigenvalue weighted by molar-refractivity contribution is 0.390. The number of nitrogens with one attached hydrogen (secondary N) is 1. The van der Waals surface area contributed by atoms with Crippen LogP contribution in [0.1, 0.15) is 11.1 Å². The molecule has 7 heteroatoms. The van der Waals surface area contributed by atoms with E-state index in [9.17, 15) is 8.42 Å². The van der Waals surface area contributed by atoms with Gasteiger partial charge in [0.05, 0.1) is 7.11 Å². The van der Waals surface area contributed by atoms with E-state index in [1.165, 1.54) is 19.2 Å². The first-order valence-corrected chi connectivity index (χ1v) is 10.3. The van der Waals surface area contributed by atoms with Gasteiger partial charge in [0.1, 0.15) is 4.90 Å². The average Bonchev–Trinajstić information content (AvgIpc) is 2.68. The Morgan fingerprint density at radius 3 is 2.25 bits per heavy atom. The van der Waals surface area contributed by atoms with Crippen molar-refractivity contribution in [1.82, 2.24) is 0 Å². The summed E-state index contributed by atoms with van der Waals surface area (Å²) >= 11 is 5.88. The number of methoxy groups -OCH3 is 1. The Hall–Kier alpha value is -2.70. The van der Waals surface area contributed by atoms with Crippen LogP contribution in [0, 0.1) is 6.92 Å². The molecule has 0 amide bonds. The van der Waals surface area contributed by atoms with Crippen molar-refractivity contribution in [3.8, 4) is 11.5 Å². The predicted molar refractivity (Wildman–Crippen MR) is 111 cm³/mol.